The number of unbranched alkanes of at least 4 members (excludes halogenated alkanes) is 32. The number of hydrogen-bond donors (Lipinski definition) is 2. The first-order chi connectivity index (χ1) is 36.4. The van der Waals surface area contributed by atoms with Crippen molar-refractivity contribution in [3.8, 4) is 0 Å². The van der Waals surface area contributed by atoms with E-state index in [0.29, 0.717) is 17.4 Å². The average molecular weight is 1070 g/mol. The third-order valence-electron chi connectivity index (χ3n) is 13.7. The highest BCUT2D eigenvalue weighted by Crippen LogP contribution is 2.43. The zero-order chi connectivity index (χ0) is 55.0. The predicted octanol–water partition coefficient (Wildman–Crippen LogP) is 19.2. The van der Waals surface area contributed by atoms with E-state index in [1.807, 2.05) is 33.3 Å². The SMILES string of the molecule is CC/C=C/C=C/C=C\CCCCCCCC(=O)NC(COP(=O)(O)OCC[N+](C)(C)C)C(/C=C\CCCCCCCCCCC)OC(=O)CCCCCCCCCCCCCCCCC/C=C\C/C=C\CCCCC. The summed E-state index contributed by atoms with van der Waals surface area (Å²) in [6, 6.07) is -0.859. The van der Waals surface area contributed by atoms with Crippen LogP contribution in [0.1, 0.15) is 278 Å². The van der Waals surface area contributed by atoms with Crippen LogP contribution in [0.25, 0.3) is 0 Å². The summed E-state index contributed by atoms with van der Waals surface area (Å²) in [6.45, 7) is 6.84. The number of ether oxygens (including phenoxy) is 1. The van der Waals surface area contributed by atoms with Gasteiger partial charge in [-0.3, -0.25) is 18.6 Å². The van der Waals surface area contributed by atoms with Gasteiger partial charge in [0.1, 0.15) is 19.3 Å². The maximum absolute atomic E-state index is 13.5. The second-order valence-corrected chi connectivity index (χ2v) is 23.7. The molecule has 0 fully saturated rings. The summed E-state index contributed by atoms with van der Waals surface area (Å²) in [7, 11) is 1.48. The van der Waals surface area contributed by atoms with Crippen LogP contribution in [0.15, 0.2) is 72.9 Å². The minimum atomic E-state index is -4.45. The lowest BCUT2D eigenvalue weighted by molar-refractivity contribution is -0.870. The number of hydrogen-bond acceptors (Lipinski definition) is 6. The Morgan fingerprint density at radius 2 is 0.907 bits per heavy atom. The molecule has 0 aliphatic heterocycles. The second-order valence-electron chi connectivity index (χ2n) is 22.3. The van der Waals surface area contributed by atoms with Gasteiger partial charge in [0.2, 0.25) is 5.91 Å². The van der Waals surface area contributed by atoms with Crippen molar-refractivity contribution >= 4 is 19.7 Å². The molecule has 0 saturated carbocycles. The molecule has 9 nitrogen and oxygen atoms in total. The summed E-state index contributed by atoms with van der Waals surface area (Å²) in [4.78, 5) is 37.6. The Hall–Kier alpha value is -2.55. The first-order valence-electron chi connectivity index (χ1n) is 31.3. The van der Waals surface area contributed by atoms with Gasteiger partial charge in [-0.25, -0.2) is 4.57 Å². The highest BCUT2D eigenvalue weighted by atomic mass is 31.2. The molecule has 0 aromatic heterocycles. The van der Waals surface area contributed by atoms with Gasteiger partial charge in [0.05, 0.1) is 33.8 Å². The third-order valence-corrected chi connectivity index (χ3v) is 14.7. The minimum absolute atomic E-state index is 0.0343. The number of amides is 1. The minimum Gasteiger partial charge on any atom is -0.456 e. The number of carbonyl (C=O) groups is 2. The Balaban J connectivity index is 5.07. The van der Waals surface area contributed by atoms with E-state index in [9.17, 15) is 19.0 Å². The molecule has 0 aliphatic rings. The Labute approximate surface area is 463 Å². The van der Waals surface area contributed by atoms with Crippen molar-refractivity contribution < 1.29 is 37.3 Å². The number of carbonyl (C=O) groups excluding carboxylic acids is 2. The van der Waals surface area contributed by atoms with Crippen LogP contribution in [-0.2, 0) is 27.9 Å². The predicted molar refractivity (Wildman–Crippen MR) is 323 cm³/mol. The summed E-state index contributed by atoms with van der Waals surface area (Å²) < 4.78 is 30.6. The topological polar surface area (TPSA) is 111 Å². The van der Waals surface area contributed by atoms with Crippen LogP contribution in [-0.4, -0.2) is 74.3 Å². The largest absolute Gasteiger partial charge is 0.472 e. The molecule has 0 heterocycles. The van der Waals surface area contributed by atoms with Crippen LogP contribution in [0.5, 0.6) is 0 Å². The van der Waals surface area contributed by atoms with Gasteiger partial charge in [0.25, 0.3) is 0 Å². The van der Waals surface area contributed by atoms with E-state index >= 15 is 0 Å². The molecular formula is C65H120N2O7P+. The van der Waals surface area contributed by atoms with Crippen molar-refractivity contribution in [1.82, 2.24) is 5.32 Å². The number of esters is 1. The van der Waals surface area contributed by atoms with Crippen LogP contribution in [0, 0.1) is 0 Å². The van der Waals surface area contributed by atoms with E-state index in [-0.39, 0.29) is 31.5 Å². The summed E-state index contributed by atoms with van der Waals surface area (Å²) in [6.07, 6.45) is 70.6. The average Bonchev–Trinajstić information content (AvgIpc) is 3.37. The van der Waals surface area contributed by atoms with Gasteiger partial charge in [0.15, 0.2) is 0 Å². The first kappa shape index (κ1) is 72.5. The van der Waals surface area contributed by atoms with Gasteiger partial charge in [-0.05, 0) is 83.1 Å². The van der Waals surface area contributed by atoms with Crippen LogP contribution in [0.2, 0.25) is 0 Å². The second kappa shape index (κ2) is 54.8. The van der Waals surface area contributed by atoms with Crippen molar-refractivity contribution in [3.63, 3.8) is 0 Å². The number of phosphoric acid groups is 1. The lowest BCUT2D eigenvalue weighted by Gasteiger charge is -2.27. The van der Waals surface area contributed by atoms with Gasteiger partial charge in [-0.15, -0.1) is 0 Å². The zero-order valence-corrected chi connectivity index (χ0v) is 50.7. The number of nitrogens with zero attached hydrogens (tertiary/aromatic N) is 1. The molecule has 3 unspecified atom stereocenters. The highest BCUT2D eigenvalue weighted by Gasteiger charge is 2.30. The normalized spacial score (nSPS) is 14.2. The smallest absolute Gasteiger partial charge is 0.456 e. The molecule has 10 heteroatoms. The number of quaternary nitrogens is 1. The molecule has 0 aromatic carbocycles. The molecule has 2 N–H and O–H groups in total. The zero-order valence-electron chi connectivity index (χ0n) is 49.8. The summed E-state index contributed by atoms with van der Waals surface area (Å²) in [5, 5.41) is 3.04. The molecule has 0 rings (SSSR count). The fourth-order valence-electron chi connectivity index (χ4n) is 8.85. The van der Waals surface area contributed by atoms with Gasteiger partial charge < -0.3 is 19.4 Å². The molecule has 0 bridgehead atoms. The molecular weight excluding hydrogens is 952 g/mol. The maximum atomic E-state index is 13.5. The van der Waals surface area contributed by atoms with E-state index in [4.69, 9.17) is 13.8 Å². The summed E-state index contributed by atoms with van der Waals surface area (Å²) >= 11 is 0. The Morgan fingerprint density at radius 1 is 0.493 bits per heavy atom. The van der Waals surface area contributed by atoms with E-state index in [1.165, 1.54) is 154 Å². The van der Waals surface area contributed by atoms with Crippen LogP contribution < -0.4 is 5.32 Å². The molecule has 0 radical (unpaired) electrons. The van der Waals surface area contributed by atoms with Crippen molar-refractivity contribution in [2.75, 3.05) is 40.9 Å². The molecule has 436 valence electrons. The maximum Gasteiger partial charge on any atom is 0.472 e. The number of nitrogens with one attached hydrogen (secondary N) is 1. The van der Waals surface area contributed by atoms with Crippen LogP contribution in [0.3, 0.4) is 0 Å². The molecule has 0 aromatic rings. The van der Waals surface area contributed by atoms with Crippen LogP contribution in [0.4, 0.5) is 0 Å². The van der Waals surface area contributed by atoms with Crippen molar-refractivity contribution in [3.05, 3.63) is 72.9 Å². The molecule has 75 heavy (non-hydrogen) atoms. The number of allylic oxidation sites excluding steroid dienone is 11. The monoisotopic (exact) mass is 1070 g/mol. The fourth-order valence-corrected chi connectivity index (χ4v) is 9.59. The van der Waals surface area contributed by atoms with Crippen molar-refractivity contribution in [2.24, 2.45) is 0 Å². The highest BCUT2D eigenvalue weighted by molar-refractivity contribution is 7.47. The van der Waals surface area contributed by atoms with Crippen LogP contribution >= 0.6 is 7.82 Å². The van der Waals surface area contributed by atoms with E-state index in [1.54, 1.807) is 0 Å². The lowest BCUT2D eigenvalue weighted by Crippen LogP contribution is -2.47. The Bertz CT molecular complexity index is 1510. The Kier molecular flexibility index (Phi) is 52.9. The summed E-state index contributed by atoms with van der Waals surface area (Å²) in [5.74, 6) is -0.527. The first-order valence-corrected chi connectivity index (χ1v) is 32.8. The molecule has 0 saturated heterocycles. The van der Waals surface area contributed by atoms with Gasteiger partial charge in [-0.2, -0.15) is 0 Å². The quantitative estimate of drug-likeness (QED) is 0.0156. The fraction of sp³-hybridized carbons (Fsp3) is 0.785. The van der Waals surface area contributed by atoms with Crippen molar-refractivity contribution in [2.45, 2.75) is 290 Å². The number of phosphoric ester groups is 1. The van der Waals surface area contributed by atoms with E-state index < -0.39 is 20.0 Å². The molecule has 1 amide bonds. The lowest BCUT2D eigenvalue weighted by atomic mass is 10.0. The number of rotatable bonds is 56. The molecule has 3 atom stereocenters. The number of likely N-dealkylation sites (N-methyl/N-ethyl adjacent to an activating group) is 1. The van der Waals surface area contributed by atoms with Crippen molar-refractivity contribution in [1.29, 1.82) is 0 Å². The molecule has 0 aliphatic carbocycles. The third kappa shape index (κ3) is 56.0. The van der Waals surface area contributed by atoms with Gasteiger partial charge in [-0.1, -0.05) is 255 Å². The summed E-state index contributed by atoms with van der Waals surface area (Å²) in [5.41, 5.74) is 0. The van der Waals surface area contributed by atoms with Gasteiger partial charge in [0, 0.05) is 12.8 Å². The molecule has 0 spiro atoms. The standard InChI is InChI=1S/C65H119N2O7P/c1-7-10-13-16-19-22-25-27-28-29-30-31-32-33-34-35-36-37-38-40-43-46-49-52-55-58-65(69)74-63(56-53-50-47-44-41-24-21-18-15-12-9-3)62(61-73-75(70,71)72-60-59-67(4,5)6)66-64(68)57-54-51-48-45-42-39-26-23-20-17-14-11-8-2/h11,14,17,19-20,22-23,26-28,53,56,62-63H,7-10,12-13,15-16,18,21,24-25,29-52,54-55,57-61H2,1-6H3,(H-,66,68,70,71)/p+1/b14-11+,20-17+,22-19-,26-23-,28-27-,56-53-. The Morgan fingerprint density at radius 3 is 1.40 bits per heavy atom. The van der Waals surface area contributed by atoms with E-state index in [2.05, 4.69) is 86.8 Å². The van der Waals surface area contributed by atoms with E-state index in [0.717, 1.165) is 89.9 Å². The van der Waals surface area contributed by atoms with Gasteiger partial charge >= 0.3 is 13.8 Å².